The van der Waals surface area contributed by atoms with E-state index in [-0.39, 0.29) is 17.8 Å². The number of aliphatic hydroxyl groups excluding tert-OH is 1. The van der Waals surface area contributed by atoms with Crippen LogP contribution in [0.1, 0.15) is 30.6 Å². The molecule has 1 rings (SSSR count). The molecule has 0 heterocycles. The molecule has 0 bridgehead atoms. The van der Waals surface area contributed by atoms with E-state index in [0.717, 1.165) is 0 Å². The molecular weight excluding hydrogens is 248 g/mol. The maximum absolute atomic E-state index is 11.8. The van der Waals surface area contributed by atoms with Crippen LogP contribution in [0.4, 0.5) is 5.69 Å². The minimum absolute atomic E-state index is 0.00393. The van der Waals surface area contributed by atoms with Gasteiger partial charge in [-0.2, -0.15) is 0 Å². The van der Waals surface area contributed by atoms with Gasteiger partial charge in [-0.15, -0.1) is 0 Å². The summed E-state index contributed by atoms with van der Waals surface area (Å²) >= 11 is 0. The number of amides is 1. The van der Waals surface area contributed by atoms with Crippen molar-refractivity contribution in [3.8, 4) is 0 Å². The molecule has 0 radical (unpaired) electrons. The van der Waals surface area contributed by atoms with E-state index in [1.54, 1.807) is 6.07 Å². The van der Waals surface area contributed by atoms with Crippen LogP contribution in [0.25, 0.3) is 0 Å². The number of nitro benzene ring substituents is 1. The van der Waals surface area contributed by atoms with Crippen molar-refractivity contribution >= 4 is 11.6 Å². The van der Waals surface area contributed by atoms with Gasteiger partial charge in [0.2, 0.25) is 0 Å². The molecule has 2 N–H and O–H groups in total. The smallest absolute Gasteiger partial charge is 0.282 e. The highest BCUT2D eigenvalue weighted by molar-refractivity contribution is 5.98. The summed E-state index contributed by atoms with van der Waals surface area (Å²) in [4.78, 5) is 22.0. The Hall–Kier alpha value is -1.95. The Balaban J connectivity index is 2.66. The summed E-state index contributed by atoms with van der Waals surface area (Å²) < 4.78 is 0. The topological polar surface area (TPSA) is 92.5 Å². The summed E-state index contributed by atoms with van der Waals surface area (Å²) in [5.41, 5.74) is -0.234. The molecule has 0 aromatic heterocycles. The summed E-state index contributed by atoms with van der Waals surface area (Å²) in [6, 6.07) is 5.73. The molecule has 1 amide bonds. The van der Waals surface area contributed by atoms with Crippen molar-refractivity contribution in [2.45, 2.75) is 26.4 Å². The first-order chi connectivity index (χ1) is 8.91. The van der Waals surface area contributed by atoms with E-state index in [9.17, 15) is 20.0 Å². The van der Waals surface area contributed by atoms with Crippen LogP contribution in [0.2, 0.25) is 0 Å². The van der Waals surface area contributed by atoms with Gasteiger partial charge in [0.25, 0.3) is 11.6 Å². The van der Waals surface area contributed by atoms with Crippen LogP contribution in [0.3, 0.4) is 0 Å². The van der Waals surface area contributed by atoms with Crippen molar-refractivity contribution in [3.05, 3.63) is 39.9 Å². The van der Waals surface area contributed by atoms with Gasteiger partial charge in [-0.05, 0) is 18.4 Å². The lowest BCUT2D eigenvalue weighted by molar-refractivity contribution is -0.385. The van der Waals surface area contributed by atoms with Gasteiger partial charge < -0.3 is 10.4 Å². The molecule has 0 aliphatic rings. The number of para-hydroxylation sites is 1. The van der Waals surface area contributed by atoms with Crippen molar-refractivity contribution in [3.63, 3.8) is 0 Å². The molecule has 104 valence electrons. The van der Waals surface area contributed by atoms with Gasteiger partial charge in [-0.1, -0.05) is 26.0 Å². The minimum atomic E-state index is -0.647. The third kappa shape index (κ3) is 4.67. The van der Waals surface area contributed by atoms with Crippen LogP contribution in [0, 0.1) is 16.0 Å². The molecule has 0 fully saturated rings. The molecule has 0 saturated heterocycles. The lowest BCUT2D eigenvalue weighted by Crippen LogP contribution is -2.33. The average Bonchev–Trinajstić information content (AvgIpc) is 2.35. The van der Waals surface area contributed by atoms with E-state index in [4.69, 9.17) is 0 Å². The summed E-state index contributed by atoms with van der Waals surface area (Å²) in [6.45, 7) is 4.02. The Morgan fingerprint density at radius 1 is 1.42 bits per heavy atom. The molecule has 0 saturated carbocycles. The second kappa shape index (κ2) is 6.84. The van der Waals surface area contributed by atoms with Gasteiger partial charge in [0.1, 0.15) is 5.56 Å². The first-order valence-corrected chi connectivity index (χ1v) is 6.11. The van der Waals surface area contributed by atoms with Crippen molar-refractivity contribution in [1.82, 2.24) is 5.32 Å². The first kappa shape index (κ1) is 15.1. The molecule has 19 heavy (non-hydrogen) atoms. The lowest BCUT2D eigenvalue weighted by atomic mass is 10.1. The maximum Gasteiger partial charge on any atom is 0.282 e. The van der Waals surface area contributed by atoms with Crippen LogP contribution in [-0.2, 0) is 0 Å². The largest absolute Gasteiger partial charge is 0.391 e. The van der Waals surface area contributed by atoms with E-state index >= 15 is 0 Å². The highest BCUT2D eigenvalue weighted by Gasteiger charge is 2.19. The Bertz CT molecular complexity index is 460. The van der Waals surface area contributed by atoms with Crippen LogP contribution < -0.4 is 5.32 Å². The maximum atomic E-state index is 11.8. The molecule has 0 spiro atoms. The van der Waals surface area contributed by atoms with Gasteiger partial charge in [0.15, 0.2) is 0 Å². The van der Waals surface area contributed by atoms with Crippen molar-refractivity contribution in [2.24, 2.45) is 5.92 Å². The van der Waals surface area contributed by atoms with Crippen LogP contribution >= 0.6 is 0 Å². The van der Waals surface area contributed by atoms with Gasteiger partial charge in [0.05, 0.1) is 11.0 Å². The number of carbonyl (C=O) groups is 1. The number of hydrogen-bond acceptors (Lipinski definition) is 4. The normalized spacial score (nSPS) is 12.2. The Labute approximate surface area is 111 Å². The molecule has 1 unspecified atom stereocenters. The fourth-order valence-electron chi connectivity index (χ4n) is 1.76. The predicted octanol–water partition coefficient (Wildman–Crippen LogP) is 1.73. The first-order valence-electron chi connectivity index (χ1n) is 6.11. The second-order valence-electron chi connectivity index (χ2n) is 4.77. The fraction of sp³-hybridized carbons (Fsp3) is 0.462. The van der Waals surface area contributed by atoms with Gasteiger partial charge in [-0.25, -0.2) is 0 Å². The zero-order valence-electron chi connectivity index (χ0n) is 11.0. The highest BCUT2D eigenvalue weighted by atomic mass is 16.6. The Morgan fingerprint density at radius 3 is 2.63 bits per heavy atom. The van der Waals surface area contributed by atoms with Crippen LogP contribution in [0.15, 0.2) is 24.3 Å². The summed E-state index contributed by atoms with van der Waals surface area (Å²) in [5, 5.41) is 22.9. The van der Waals surface area contributed by atoms with Crippen molar-refractivity contribution < 1.29 is 14.8 Å². The zero-order valence-corrected chi connectivity index (χ0v) is 11.0. The molecule has 0 aliphatic heterocycles. The van der Waals surface area contributed by atoms with Gasteiger partial charge in [-0.3, -0.25) is 14.9 Å². The second-order valence-corrected chi connectivity index (χ2v) is 4.77. The van der Waals surface area contributed by atoms with E-state index in [1.165, 1.54) is 18.2 Å². The lowest BCUT2D eigenvalue weighted by Gasteiger charge is -2.13. The quantitative estimate of drug-likeness (QED) is 0.605. The minimum Gasteiger partial charge on any atom is -0.391 e. The third-order valence-electron chi connectivity index (χ3n) is 2.59. The number of nitro groups is 1. The molecule has 1 aromatic carbocycles. The molecule has 1 aromatic rings. The van der Waals surface area contributed by atoms with Crippen LogP contribution in [-0.4, -0.2) is 28.6 Å². The molecule has 0 aliphatic carbocycles. The van der Waals surface area contributed by atoms with Crippen LogP contribution in [0.5, 0.6) is 0 Å². The molecular formula is C13H18N2O4. The molecule has 6 nitrogen and oxygen atoms in total. The third-order valence-corrected chi connectivity index (χ3v) is 2.59. The number of hydrogen-bond donors (Lipinski definition) is 2. The Kier molecular flexibility index (Phi) is 5.44. The number of carbonyl (C=O) groups excluding carboxylic acids is 1. The van der Waals surface area contributed by atoms with Crippen molar-refractivity contribution in [2.75, 3.05) is 6.54 Å². The molecule has 6 heteroatoms. The van der Waals surface area contributed by atoms with Gasteiger partial charge in [0, 0.05) is 12.6 Å². The van der Waals surface area contributed by atoms with Crippen molar-refractivity contribution in [1.29, 1.82) is 0 Å². The van der Waals surface area contributed by atoms with E-state index in [0.29, 0.717) is 12.3 Å². The van der Waals surface area contributed by atoms with Gasteiger partial charge >= 0.3 is 0 Å². The number of benzene rings is 1. The number of nitrogens with one attached hydrogen (secondary N) is 1. The number of rotatable bonds is 6. The number of aliphatic hydroxyl groups is 1. The summed E-state index contributed by atoms with van der Waals surface area (Å²) in [5.74, 6) is -0.229. The SMILES string of the molecule is CC(C)CC(O)CNC(=O)c1ccccc1[N+](=O)[O-]. The fourth-order valence-corrected chi connectivity index (χ4v) is 1.76. The average molecular weight is 266 g/mol. The standard InChI is InChI=1S/C13H18N2O4/c1-9(2)7-10(16)8-14-13(17)11-5-3-4-6-12(11)15(18)19/h3-6,9-10,16H,7-8H2,1-2H3,(H,14,17). The highest BCUT2D eigenvalue weighted by Crippen LogP contribution is 2.17. The van der Waals surface area contributed by atoms with E-state index in [2.05, 4.69) is 5.32 Å². The van der Waals surface area contributed by atoms with E-state index in [1.807, 2.05) is 13.8 Å². The predicted molar refractivity (Wildman–Crippen MR) is 70.9 cm³/mol. The molecule has 1 atom stereocenters. The Morgan fingerprint density at radius 2 is 2.05 bits per heavy atom. The van der Waals surface area contributed by atoms with E-state index < -0.39 is 16.9 Å². The monoisotopic (exact) mass is 266 g/mol. The zero-order chi connectivity index (χ0) is 14.4. The summed E-state index contributed by atoms with van der Waals surface area (Å²) in [7, 11) is 0. The summed E-state index contributed by atoms with van der Waals surface area (Å²) in [6.07, 6.45) is -0.0799. The number of nitrogens with zero attached hydrogens (tertiary/aromatic N) is 1.